The van der Waals surface area contributed by atoms with Crippen molar-refractivity contribution in [2.45, 2.75) is 101 Å². The standard InChI is InChI=1S/C41H45N5O8S/c1-24-14-16-26(17-15-24)32-21-35(37-36(43-32)30-11-8-9-13-34(30)54-37)53-28-20-33-38(48)44-41(40(50)45-55(51,52)29-18-19-29)22-27(41)10-6-4-3-5-7-12-31(42-25(2)47)39(49)46(33)23-28/h6,8-11,13-17,21,27-29,31,33H,3-5,7,12,18-20,22-23H2,1-2H3,(H,42,47)(H,44,48)(H,45,50)/b10-6-/t27-,28+,31-,33-,41+/m0/s1. The predicted octanol–water partition coefficient (Wildman–Crippen LogP) is 4.81. The first kappa shape index (κ1) is 36.7. The van der Waals surface area contributed by atoms with E-state index in [1.807, 2.05) is 67.6 Å². The highest BCUT2D eigenvalue weighted by Crippen LogP contribution is 2.46. The number of furan rings is 1. The average Bonchev–Trinajstić information content (AvgIpc) is 4.05. The van der Waals surface area contributed by atoms with Gasteiger partial charge < -0.3 is 24.7 Å². The number of rotatable bonds is 7. The van der Waals surface area contributed by atoms with E-state index >= 15 is 0 Å². The van der Waals surface area contributed by atoms with Gasteiger partial charge in [-0.2, -0.15) is 0 Å². The molecule has 2 aliphatic carbocycles. The molecule has 4 aliphatic rings. The molecular weight excluding hydrogens is 723 g/mol. The van der Waals surface area contributed by atoms with Crippen molar-refractivity contribution in [3.8, 4) is 17.0 Å². The first-order valence-corrected chi connectivity index (χ1v) is 20.6. The lowest BCUT2D eigenvalue weighted by Crippen LogP contribution is -2.58. The Balaban J connectivity index is 1.14. The summed E-state index contributed by atoms with van der Waals surface area (Å²) in [4.78, 5) is 61.3. The molecule has 14 heteroatoms. The maximum Gasteiger partial charge on any atom is 0.259 e. The van der Waals surface area contributed by atoms with Gasteiger partial charge in [0.15, 0.2) is 11.3 Å². The van der Waals surface area contributed by atoms with E-state index in [9.17, 15) is 27.6 Å². The molecule has 2 aromatic heterocycles. The second kappa shape index (κ2) is 14.4. The Bertz CT molecular complexity index is 2320. The van der Waals surface area contributed by atoms with Gasteiger partial charge in [0.2, 0.25) is 27.7 Å². The number of nitrogens with zero attached hydrogens (tertiary/aromatic N) is 2. The third-order valence-electron chi connectivity index (χ3n) is 11.2. The molecule has 4 aromatic rings. The van der Waals surface area contributed by atoms with E-state index in [4.69, 9.17) is 14.1 Å². The maximum absolute atomic E-state index is 14.4. The molecule has 13 nitrogen and oxygen atoms in total. The van der Waals surface area contributed by atoms with Crippen LogP contribution in [0.1, 0.15) is 70.3 Å². The number of amides is 4. The van der Waals surface area contributed by atoms with Crippen LogP contribution >= 0.6 is 0 Å². The second-order valence-electron chi connectivity index (χ2n) is 15.4. The highest BCUT2D eigenvalue weighted by molar-refractivity contribution is 7.91. The Morgan fingerprint density at radius 1 is 1.04 bits per heavy atom. The lowest BCUT2D eigenvalue weighted by atomic mass is 10.0. The Kier molecular flexibility index (Phi) is 9.64. The fraction of sp³-hybridized carbons (Fsp3) is 0.439. The van der Waals surface area contributed by atoms with Crippen LogP contribution in [0, 0.1) is 12.8 Å². The first-order chi connectivity index (χ1) is 26.4. The number of pyridine rings is 1. The third-order valence-corrected chi connectivity index (χ3v) is 13.0. The summed E-state index contributed by atoms with van der Waals surface area (Å²) >= 11 is 0. The van der Waals surface area contributed by atoms with E-state index in [0.717, 1.165) is 29.4 Å². The van der Waals surface area contributed by atoms with Crippen molar-refractivity contribution < 1.29 is 36.7 Å². The zero-order valence-electron chi connectivity index (χ0n) is 30.9. The average molecular weight is 768 g/mol. The lowest BCUT2D eigenvalue weighted by molar-refractivity contribution is -0.142. The van der Waals surface area contributed by atoms with E-state index in [1.54, 1.807) is 6.07 Å². The number of carbonyl (C=O) groups is 4. The molecule has 5 atom stereocenters. The largest absolute Gasteiger partial charge is 0.484 e. The molecule has 55 heavy (non-hydrogen) atoms. The van der Waals surface area contributed by atoms with Gasteiger partial charge in [0.05, 0.1) is 17.5 Å². The highest BCUT2D eigenvalue weighted by atomic mass is 32.2. The van der Waals surface area contributed by atoms with Gasteiger partial charge in [-0.05, 0) is 57.6 Å². The molecule has 2 saturated carbocycles. The van der Waals surface area contributed by atoms with E-state index in [0.29, 0.717) is 60.2 Å². The van der Waals surface area contributed by atoms with Gasteiger partial charge in [-0.1, -0.05) is 67.0 Å². The molecule has 3 fully saturated rings. The number of carbonyl (C=O) groups excluding carboxylic acids is 4. The minimum absolute atomic E-state index is 0.00943. The molecule has 3 N–H and O–H groups in total. The van der Waals surface area contributed by atoms with Crippen LogP contribution in [-0.4, -0.2) is 77.5 Å². The highest BCUT2D eigenvalue weighted by Gasteiger charge is 2.62. The molecule has 4 amide bonds. The van der Waals surface area contributed by atoms with Gasteiger partial charge in [-0.25, -0.2) is 13.4 Å². The van der Waals surface area contributed by atoms with Crippen molar-refractivity contribution in [3.63, 3.8) is 0 Å². The number of hydrogen-bond donors (Lipinski definition) is 3. The minimum Gasteiger partial charge on any atom is -0.484 e. The van der Waals surface area contributed by atoms with Crippen molar-refractivity contribution in [1.82, 2.24) is 25.2 Å². The van der Waals surface area contributed by atoms with Crippen molar-refractivity contribution in [2.75, 3.05) is 6.54 Å². The van der Waals surface area contributed by atoms with Crippen LogP contribution in [0.15, 0.2) is 71.2 Å². The van der Waals surface area contributed by atoms with Crippen molar-refractivity contribution >= 4 is 55.7 Å². The van der Waals surface area contributed by atoms with E-state index in [1.165, 1.54) is 11.8 Å². The first-order valence-electron chi connectivity index (χ1n) is 19.1. The number of aryl methyl sites for hydroxylation is 1. The number of para-hydroxylation sites is 1. The third kappa shape index (κ3) is 7.43. The Hall–Kier alpha value is -5.24. The molecule has 0 radical (unpaired) electrons. The maximum atomic E-state index is 14.4. The minimum atomic E-state index is -3.89. The smallest absolute Gasteiger partial charge is 0.259 e. The quantitative estimate of drug-likeness (QED) is 0.223. The van der Waals surface area contributed by atoms with Gasteiger partial charge in [0.1, 0.15) is 34.8 Å². The van der Waals surface area contributed by atoms with Crippen molar-refractivity contribution in [2.24, 2.45) is 5.92 Å². The zero-order chi connectivity index (χ0) is 38.5. The molecule has 2 aromatic carbocycles. The van der Waals surface area contributed by atoms with Crippen LogP contribution in [0.4, 0.5) is 0 Å². The molecule has 288 valence electrons. The summed E-state index contributed by atoms with van der Waals surface area (Å²) in [6, 6.07) is 15.4. The number of ether oxygens (including phenoxy) is 1. The van der Waals surface area contributed by atoms with Gasteiger partial charge in [-0.15, -0.1) is 0 Å². The molecule has 0 spiro atoms. The number of aromatic nitrogens is 1. The number of hydrogen-bond acceptors (Lipinski definition) is 9. The van der Waals surface area contributed by atoms with Crippen LogP contribution in [0.5, 0.6) is 5.75 Å². The number of sulfonamides is 1. The van der Waals surface area contributed by atoms with Crippen molar-refractivity contribution in [1.29, 1.82) is 0 Å². The molecule has 0 unspecified atom stereocenters. The van der Waals surface area contributed by atoms with E-state index in [2.05, 4.69) is 15.4 Å². The van der Waals surface area contributed by atoms with Gasteiger partial charge in [0, 0.05) is 36.3 Å². The zero-order valence-corrected chi connectivity index (χ0v) is 31.7. The number of fused-ring (bicyclic) bond motifs is 5. The SMILES string of the molecule is CC(=O)N[C@H]1CCCCC/C=C\[C@H]2C[C@@]2(C(=O)NS(=O)(=O)C2CC2)NC(=O)[C@@H]2C[C@@H](Oc3cc(-c4ccc(C)cc4)nc4c3oc3ccccc34)CN2C1=O. The van der Waals surface area contributed by atoms with Crippen molar-refractivity contribution in [3.05, 3.63) is 72.3 Å². The summed E-state index contributed by atoms with van der Waals surface area (Å²) in [5, 5.41) is 5.89. The summed E-state index contributed by atoms with van der Waals surface area (Å²) in [5.74, 6) is -2.20. The molecule has 4 heterocycles. The van der Waals surface area contributed by atoms with Crippen LogP contribution in [0.3, 0.4) is 0 Å². The summed E-state index contributed by atoms with van der Waals surface area (Å²) in [6.45, 7) is 3.37. The van der Waals surface area contributed by atoms with E-state index < -0.39 is 62.6 Å². The second-order valence-corrected chi connectivity index (χ2v) is 17.4. The predicted molar refractivity (Wildman–Crippen MR) is 205 cm³/mol. The lowest BCUT2D eigenvalue weighted by Gasteiger charge is -2.29. The van der Waals surface area contributed by atoms with Crippen LogP contribution < -0.4 is 20.1 Å². The van der Waals surface area contributed by atoms with Crippen LogP contribution in [0.25, 0.3) is 33.3 Å². The number of nitrogens with one attached hydrogen (secondary N) is 3. The summed E-state index contributed by atoms with van der Waals surface area (Å²) in [6.07, 6.45) is 7.77. The molecular formula is C41H45N5O8S. The summed E-state index contributed by atoms with van der Waals surface area (Å²) in [5.41, 5.74) is 2.80. The van der Waals surface area contributed by atoms with Crippen LogP contribution in [-0.2, 0) is 29.2 Å². The van der Waals surface area contributed by atoms with Gasteiger partial charge in [0.25, 0.3) is 5.91 Å². The Morgan fingerprint density at radius 2 is 1.82 bits per heavy atom. The fourth-order valence-electron chi connectivity index (χ4n) is 7.88. The van der Waals surface area contributed by atoms with E-state index in [-0.39, 0.29) is 25.3 Å². The Morgan fingerprint density at radius 3 is 2.58 bits per heavy atom. The Labute approximate surface area is 319 Å². The molecule has 2 aliphatic heterocycles. The molecule has 8 rings (SSSR count). The summed E-state index contributed by atoms with van der Waals surface area (Å²) in [7, 11) is -3.89. The summed E-state index contributed by atoms with van der Waals surface area (Å²) < 4.78 is 40.9. The molecule has 1 saturated heterocycles. The topological polar surface area (TPSA) is 177 Å². The fourth-order valence-corrected chi connectivity index (χ4v) is 9.25. The number of benzene rings is 2. The monoisotopic (exact) mass is 767 g/mol. The number of allylic oxidation sites excluding steroid dienone is 1. The van der Waals surface area contributed by atoms with Gasteiger partial charge in [-0.3, -0.25) is 23.9 Å². The normalized spacial score (nSPS) is 26.6. The van der Waals surface area contributed by atoms with Gasteiger partial charge >= 0.3 is 0 Å². The molecule has 0 bridgehead atoms. The van der Waals surface area contributed by atoms with Crippen LogP contribution in [0.2, 0.25) is 0 Å².